The molecule has 5 nitrogen and oxygen atoms in total. The van der Waals surface area contributed by atoms with Gasteiger partial charge in [0.15, 0.2) is 0 Å². The van der Waals surface area contributed by atoms with Gasteiger partial charge in [-0.1, -0.05) is 0 Å². The molecule has 0 aromatic rings. The first-order chi connectivity index (χ1) is 6.40. The molecule has 0 spiro atoms. The highest BCUT2D eigenvalue weighted by Gasteiger charge is 2.32. The molecule has 14 heavy (non-hydrogen) atoms. The Morgan fingerprint density at radius 2 is 2.29 bits per heavy atom. The molecule has 0 saturated carbocycles. The van der Waals surface area contributed by atoms with E-state index in [1.807, 2.05) is 0 Å². The minimum absolute atomic E-state index is 0.200. The number of aliphatic hydroxyl groups is 1. The second-order valence-corrected chi connectivity index (χ2v) is 4.21. The van der Waals surface area contributed by atoms with Crippen LogP contribution in [0.4, 0.5) is 0 Å². The first kappa shape index (κ1) is 11.4. The molecule has 1 fully saturated rings. The highest BCUT2D eigenvalue weighted by Crippen LogP contribution is 2.12. The molecule has 1 aliphatic rings. The lowest BCUT2D eigenvalue weighted by molar-refractivity contribution is -0.151. The number of hydrogen-bond donors (Lipinski definition) is 2. The number of carboxylic acid groups (broad SMARTS) is 1. The zero-order chi connectivity index (χ0) is 10.8. The highest BCUT2D eigenvalue weighted by atomic mass is 16.5. The van der Waals surface area contributed by atoms with Gasteiger partial charge in [0.25, 0.3) is 0 Å². The van der Waals surface area contributed by atoms with Crippen molar-refractivity contribution >= 4 is 5.97 Å². The quantitative estimate of drug-likeness (QED) is 0.649. The minimum atomic E-state index is -0.894. The van der Waals surface area contributed by atoms with Crippen LogP contribution in [-0.4, -0.2) is 59.0 Å². The Balaban J connectivity index is 2.59. The van der Waals surface area contributed by atoms with Crippen LogP contribution in [0.25, 0.3) is 0 Å². The largest absolute Gasteiger partial charge is 0.480 e. The van der Waals surface area contributed by atoms with E-state index in [4.69, 9.17) is 9.84 Å². The molecule has 0 amide bonds. The smallest absolute Gasteiger partial charge is 0.323 e. The third kappa shape index (κ3) is 3.25. The van der Waals surface area contributed by atoms with E-state index >= 15 is 0 Å². The fourth-order valence-electron chi connectivity index (χ4n) is 1.55. The lowest BCUT2D eigenvalue weighted by atomic mass is 10.1. The number of morpholine rings is 1. The van der Waals surface area contributed by atoms with Crippen LogP contribution < -0.4 is 0 Å². The molecule has 2 N–H and O–H groups in total. The summed E-state index contributed by atoms with van der Waals surface area (Å²) in [4.78, 5) is 12.6. The van der Waals surface area contributed by atoms with Crippen LogP contribution in [0.15, 0.2) is 0 Å². The summed E-state index contributed by atoms with van der Waals surface area (Å²) in [6.45, 7) is 4.97. The fraction of sp³-hybridized carbons (Fsp3) is 0.889. The molecule has 1 heterocycles. The van der Waals surface area contributed by atoms with E-state index in [0.717, 1.165) is 0 Å². The summed E-state index contributed by atoms with van der Waals surface area (Å²) < 4.78 is 5.08. The van der Waals surface area contributed by atoms with E-state index in [0.29, 0.717) is 19.7 Å². The Labute approximate surface area is 83.3 Å². The monoisotopic (exact) mass is 203 g/mol. The Morgan fingerprint density at radius 3 is 2.79 bits per heavy atom. The topological polar surface area (TPSA) is 70.0 Å². The first-order valence-electron chi connectivity index (χ1n) is 4.67. The van der Waals surface area contributed by atoms with Crippen LogP contribution in [0.3, 0.4) is 0 Å². The molecule has 0 radical (unpaired) electrons. The Bertz CT molecular complexity index is 211. The molecule has 1 saturated heterocycles. The molecule has 0 aromatic heterocycles. The SMILES string of the molecule is CC(C)(O)CN1CCOCC1C(=O)O. The summed E-state index contributed by atoms with van der Waals surface area (Å²) >= 11 is 0. The molecule has 1 atom stereocenters. The predicted octanol–water partition coefficient (Wildman–Crippen LogP) is -0.457. The summed E-state index contributed by atoms with van der Waals surface area (Å²) in [5.74, 6) is -0.894. The molecule has 0 aliphatic carbocycles. The van der Waals surface area contributed by atoms with Crippen molar-refractivity contribution < 1.29 is 19.7 Å². The van der Waals surface area contributed by atoms with Gasteiger partial charge in [-0.3, -0.25) is 9.69 Å². The van der Waals surface area contributed by atoms with Gasteiger partial charge < -0.3 is 14.9 Å². The van der Waals surface area contributed by atoms with E-state index in [1.54, 1.807) is 18.7 Å². The number of carbonyl (C=O) groups is 1. The van der Waals surface area contributed by atoms with Crippen LogP contribution in [0.1, 0.15) is 13.8 Å². The summed E-state index contributed by atoms with van der Waals surface area (Å²) in [7, 11) is 0. The minimum Gasteiger partial charge on any atom is -0.480 e. The van der Waals surface area contributed by atoms with E-state index in [2.05, 4.69) is 0 Å². The van der Waals surface area contributed by atoms with E-state index in [1.165, 1.54) is 0 Å². The summed E-state index contributed by atoms with van der Waals surface area (Å²) in [5, 5.41) is 18.5. The zero-order valence-electron chi connectivity index (χ0n) is 8.56. The number of hydrogen-bond acceptors (Lipinski definition) is 4. The van der Waals surface area contributed by atoms with Gasteiger partial charge in [0.2, 0.25) is 0 Å². The van der Waals surface area contributed by atoms with E-state index in [-0.39, 0.29) is 6.61 Å². The normalized spacial score (nSPS) is 24.9. The van der Waals surface area contributed by atoms with Gasteiger partial charge in [0.1, 0.15) is 6.04 Å². The molecular formula is C9H17NO4. The fourth-order valence-corrected chi connectivity index (χ4v) is 1.55. The second kappa shape index (κ2) is 4.25. The number of aliphatic carboxylic acids is 1. The van der Waals surface area contributed by atoms with Crippen LogP contribution in [0.2, 0.25) is 0 Å². The van der Waals surface area contributed by atoms with Gasteiger partial charge in [-0.2, -0.15) is 0 Å². The van der Waals surface area contributed by atoms with Crippen molar-refractivity contribution in [3.63, 3.8) is 0 Å². The van der Waals surface area contributed by atoms with Crippen molar-refractivity contribution in [1.29, 1.82) is 0 Å². The van der Waals surface area contributed by atoms with E-state index < -0.39 is 17.6 Å². The lowest BCUT2D eigenvalue weighted by Crippen LogP contribution is -2.54. The number of carboxylic acids is 1. The molecule has 1 rings (SSSR count). The molecule has 1 unspecified atom stereocenters. The molecular weight excluding hydrogens is 186 g/mol. The van der Waals surface area contributed by atoms with Crippen molar-refractivity contribution in [3.8, 4) is 0 Å². The summed E-state index contributed by atoms with van der Waals surface area (Å²) in [6.07, 6.45) is 0. The van der Waals surface area contributed by atoms with Crippen molar-refractivity contribution in [2.45, 2.75) is 25.5 Å². The van der Waals surface area contributed by atoms with Gasteiger partial charge in [-0.05, 0) is 13.8 Å². The molecule has 5 heteroatoms. The average Bonchev–Trinajstić information content (AvgIpc) is 2.01. The highest BCUT2D eigenvalue weighted by molar-refractivity contribution is 5.73. The van der Waals surface area contributed by atoms with Gasteiger partial charge in [-0.25, -0.2) is 0 Å². The Hall–Kier alpha value is -0.650. The second-order valence-electron chi connectivity index (χ2n) is 4.21. The maximum Gasteiger partial charge on any atom is 0.323 e. The van der Waals surface area contributed by atoms with Crippen molar-refractivity contribution in [2.75, 3.05) is 26.3 Å². The Morgan fingerprint density at radius 1 is 1.64 bits per heavy atom. The molecule has 0 bridgehead atoms. The standard InChI is InChI=1S/C9H17NO4/c1-9(2,13)6-10-3-4-14-5-7(10)8(11)12/h7,13H,3-6H2,1-2H3,(H,11,12). The summed E-state index contributed by atoms with van der Waals surface area (Å²) in [5.41, 5.74) is -0.870. The van der Waals surface area contributed by atoms with Crippen LogP contribution >= 0.6 is 0 Å². The van der Waals surface area contributed by atoms with Crippen LogP contribution in [0.5, 0.6) is 0 Å². The molecule has 82 valence electrons. The van der Waals surface area contributed by atoms with Gasteiger partial charge in [-0.15, -0.1) is 0 Å². The maximum atomic E-state index is 10.8. The average molecular weight is 203 g/mol. The lowest BCUT2D eigenvalue weighted by Gasteiger charge is -2.36. The van der Waals surface area contributed by atoms with Gasteiger partial charge >= 0.3 is 5.97 Å². The van der Waals surface area contributed by atoms with Crippen LogP contribution in [-0.2, 0) is 9.53 Å². The maximum absolute atomic E-state index is 10.8. The van der Waals surface area contributed by atoms with Crippen LogP contribution in [0, 0.1) is 0 Å². The first-order valence-corrected chi connectivity index (χ1v) is 4.67. The number of rotatable bonds is 3. The predicted molar refractivity (Wildman–Crippen MR) is 50.1 cm³/mol. The van der Waals surface area contributed by atoms with Crippen molar-refractivity contribution in [1.82, 2.24) is 4.90 Å². The number of ether oxygens (including phenoxy) is 1. The molecule has 0 aromatic carbocycles. The zero-order valence-corrected chi connectivity index (χ0v) is 8.56. The van der Waals surface area contributed by atoms with E-state index in [9.17, 15) is 9.90 Å². The van der Waals surface area contributed by atoms with Gasteiger partial charge in [0.05, 0.1) is 18.8 Å². The van der Waals surface area contributed by atoms with Crippen molar-refractivity contribution in [2.24, 2.45) is 0 Å². The number of nitrogens with zero attached hydrogens (tertiary/aromatic N) is 1. The van der Waals surface area contributed by atoms with Crippen molar-refractivity contribution in [3.05, 3.63) is 0 Å². The Kier molecular flexibility index (Phi) is 3.47. The third-order valence-electron chi connectivity index (χ3n) is 2.11. The summed E-state index contributed by atoms with van der Waals surface area (Å²) in [6, 6.07) is -0.629. The molecule has 1 aliphatic heterocycles. The number of β-amino-alcohol motifs (C(OH)–C–C–N with tert-alkyl or cyclic N) is 1. The third-order valence-corrected chi connectivity index (χ3v) is 2.11. The van der Waals surface area contributed by atoms with Gasteiger partial charge in [0, 0.05) is 13.1 Å².